The monoisotopic (exact) mass is 485 g/mol. The van der Waals surface area contributed by atoms with Gasteiger partial charge in [-0.05, 0) is 47.9 Å². The molecule has 36 heavy (non-hydrogen) atoms. The average Bonchev–Trinajstić information content (AvgIpc) is 2.92. The number of nitrogens with two attached hydrogens (primary N) is 1. The van der Waals surface area contributed by atoms with Gasteiger partial charge < -0.3 is 25.3 Å². The van der Waals surface area contributed by atoms with E-state index in [1.54, 1.807) is 19.1 Å². The van der Waals surface area contributed by atoms with E-state index in [0.29, 0.717) is 29.2 Å². The van der Waals surface area contributed by atoms with Gasteiger partial charge in [0.1, 0.15) is 18.4 Å². The summed E-state index contributed by atoms with van der Waals surface area (Å²) < 4.78 is 16.0. The Kier molecular flexibility index (Phi) is 7.65. The Morgan fingerprint density at radius 3 is 2.28 bits per heavy atom. The van der Waals surface area contributed by atoms with Crippen molar-refractivity contribution in [3.05, 3.63) is 107 Å². The first-order chi connectivity index (χ1) is 17.5. The summed E-state index contributed by atoms with van der Waals surface area (Å²) in [5.74, 6) is 0.0148. The van der Waals surface area contributed by atoms with Gasteiger partial charge in [0, 0.05) is 0 Å². The molecular formula is C28H27N3O5. The van der Waals surface area contributed by atoms with Crippen molar-refractivity contribution in [1.29, 1.82) is 0 Å². The Balaban J connectivity index is 1.56. The third-order valence-electron chi connectivity index (χ3n) is 5.60. The van der Waals surface area contributed by atoms with Gasteiger partial charge in [-0.2, -0.15) is 0 Å². The number of nitrogens with one attached hydrogen (secondary N) is 1. The van der Waals surface area contributed by atoms with E-state index in [-0.39, 0.29) is 18.5 Å². The number of methoxy groups -OCH3 is 1. The van der Waals surface area contributed by atoms with Gasteiger partial charge >= 0.3 is 11.9 Å². The highest BCUT2D eigenvalue weighted by atomic mass is 16.5. The van der Waals surface area contributed by atoms with Crippen LogP contribution in [0.2, 0.25) is 0 Å². The minimum atomic E-state index is -0.638. The molecule has 1 aliphatic heterocycles. The SMILES string of the molecule is CCOC(=O)C1=C(c2ccccc2)NC(N)=N[C@@H]1c1ccc(OCc2ccc(C(=O)OC)cc2)cc1. The highest BCUT2D eigenvalue weighted by Gasteiger charge is 2.32. The van der Waals surface area contributed by atoms with Gasteiger partial charge in [0.05, 0.1) is 30.6 Å². The zero-order chi connectivity index (χ0) is 25.5. The largest absolute Gasteiger partial charge is 0.489 e. The molecule has 0 unspecified atom stereocenters. The summed E-state index contributed by atoms with van der Waals surface area (Å²) in [6.45, 7) is 2.33. The van der Waals surface area contributed by atoms with Crippen molar-refractivity contribution in [2.24, 2.45) is 10.7 Å². The van der Waals surface area contributed by atoms with E-state index in [9.17, 15) is 9.59 Å². The fourth-order valence-corrected chi connectivity index (χ4v) is 3.83. The lowest BCUT2D eigenvalue weighted by Gasteiger charge is -2.26. The third-order valence-corrected chi connectivity index (χ3v) is 5.60. The van der Waals surface area contributed by atoms with Crippen LogP contribution in [0.25, 0.3) is 5.70 Å². The molecule has 0 fully saturated rings. The molecule has 4 rings (SSSR count). The van der Waals surface area contributed by atoms with Crippen LogP contribution in [0.4, 0.5) is 0 Å². The van der Waals surface area contributed by atoms with Gasteiger partial charge in [-0.25, -0.2) is 14.6 Å². The Morgan fingerprint density at radius 2 is 1.64 bits per heavy atom. The second-order valence-electron chi connectivity index (χ2n) is 7.96. The van der Waals surface area contributed by atoms with Crippen molar-refractivity contribution in [2.45, 2.75) is 19.6 Å². The number of guanidine groups is 1. The number of nitrogens with zero attached hydrogens (tertiary/aromatic N) is 1. The molecule has 3 aromatic carbocycles. The topological polar surface area (TPSA) is 112 Å². The Hall–Kier alpha value is -4.59. The van der Waals surface area contributed by atoms with Crippen molar-refractivity contribution >= 4 is 23.6 Å². The number of rotatable bonds is 8. The van der Waals surface area contributed by atoms with Crippen LogP contribution >= 0.6 is 0 Å². The van der Waals surface area contributed by atoms with Crippen LogP contribution in [0.15, 0.2) is 89.4 Å². The number of carbonyl (C=O) groups excluding carboxylic acids is 2. The first-order valence-electron chi connectivity index (χ1n) is 11.5. The molecule has 8 heteroatoms. The molecule has 0 saturated carbocycles. The molecule has 0 spiro atoms. The van der Waals surface area contributed by atoms with Crippen LogP contribution in [0.1, 0.15) is 40.0 Å². The second kappa shape index (κ2) is 11.2. The number of hydrogen-bond donors (Lipinski definition) is 2. The Morgan fingerprint density at radius 1 is 0.944 bits per heavy atom. The van der Waals surface area contributed by atoms with E-state index in [1.807, 2.05) is 66.7 Å². The average molecular weight is 486 g/mol. The van der Waals surface area contributed by atoms with E-state index < -0.39 is 12.0 Å². The summed E-state index contributed by atoms with van der Waals surface area (Å²) in [5.41, 5.74) is 10.0. The van der Waals surface area contributed by atoms with Crippen LogP contribution in [0, 0.1) is 0 Å². The lowest BCUT2D eigenvalue weighted by atomic mass is 9.93. The molecular weight excluding hydrogens is 458 g/mol. The van der Waals surface area contributed by atoms with E-state index >= 15 is 0 Å². The second-order valence-corrected chi connectivity index (χ2v) is 7.96. The number of ether oxygens (including phenoxy) is 3. The van der Waals surface area contributed by atoms with E-state index in [0.717, 1.165) is 16.7 Å². The van der Waals surface area contributed by atoms with Crippen molar-refractivity contribution in [3.8, 4) is 5.75 Å². The normalized spacial score (nSPS) is 14.9. The molecule has 184 valence electrons. The molecule has 3 aromatic rings. The summed E-state index contributed by atoms with van der Waals surface area (Å²) in [5, 5.41) is 3.04. The predicted octanol–water partition coefficient (Wildman–Crippen LogP) is 3.99. The maximum Gasteiger partial charge on any atom is 0.338 e. The molecule has 1 heterocycles. The number of esters is 2. The minimum Gasteiger partial charge on any atom is -0.489 e. The molecule has 1 aliphatic rings. The first kappa shape index (κ1) is 24.5. The van der Waals surface area contributed by atoms with Crippen LogP contribution in [-0.4, -0.2) is 31.6 Å². The van der Waals surface area contributed by atoms with Crippen LogP contribution in [-0.2, 0) is 20.9 Å². The van der Waals surface area contributed by atoms with Gasteiger partial charge in [0.15, 0.2) is 5.96 Å². The molecule has 1 atom stereocenters. The van der Waals surface area contributed by atoms with Crippen molar-refractivity contribution in [2.75, 3.05) is 13.7 Å². The smallest absolute Gasteiger partial charge is 0.338 e. The zero-order valence-corrected chi connectivity index (χ0v) is 20.1. The maximum absolute atomic E-state index is 13.0. The van der Waals surface area contributed by atoms with E-state index in [4.69, 9.17) is 19.9 Å². The number of carbonyl (C=O) groups is 2. The lowest BCUT2D eigenvalue weighted by molar-refractivity contribution is -0.138. The summed E-state index contributed by atoms with van der Waals surface area (Å²) in [4.78, 5) is 29.1. The summed E-state index contributed by atoms with van der Waals surface area (Å²) in [6.07, 6.45) is 0. The number of benzene rings is 3. The highest BCUT2D eigenvalue weighted by Crippen LogP contribution is 2.35. The van der Waals surface area contributed by atoms with Gasteiger partial charge in [0.25, 0.3) is 0 Å². The quantitative estimate of drug-likeness (QED) is 0.464. The number of aliphatic imine (C=N–C) groups is 1. The molecule has 0 amide bonds. The zero-order valence-electron chi connectivity index (χ0n) is 20.1. The summed E-state index contributed by atoms with van der Waals surface area (Å²) in [7, 11) is 1.35. The Labute approximate surface area is 209 Å². The fraction of sp³-hybridized carbons (Fsp3) is 0.179. The van der Waals surface area contributed by atoms with E-state index in [1.165, 1.54) is 7.11 Å². The van der Waals surface area contributed by atoms with Crippen molar-refractivity contribution in [3.63, 3.8) is 0 Å². The molecule has 0 aliphatic carbocycles. The molecule has 0 bridgehead atoms. The van der Waals surface area contributed by atoms with Gasteiger partial charge in [0.2, 0.25) is 0 Å². The molecule has 0 saturated heterocycles. The van der Waals surface area contributed by atoms with Crippen LogP contribution < -0.4 is 15.8 Å². The minimum absolute atomic E-state index is 0.211. The fourth-order valence-electron chi connectivity index (χ4n) is 3.83. The van der Waals surface area contributed by atoms with Gasteiger partial charge in [-0.3, -0.25) is 0 Å². The van der Waals surface area contributed by atoms with E-state index in [2.05, 4.69) is 10.3 Å². The number of hydrogen-bond acceptors (Lipinski definition) is 8. The summed E-state index contributed by atoms with van der Waals surface area (Å²) in [6, 6.07) is 23.2. The summed E-state index contributed by atoms with van der Waals surface area (Å²) >= 11 is 0. The van der Waals surface area contributed by atoms with Crippen LogP contribution in [0.3, 0.4) is 0 Å². The molecule has 0 radical (unpaired) electrons. The standard InChI is InChI=1S/C28H27N3O5/c1-3-35-27(33)23-24(19-7-5-4-6-8-19)30-28(29)31-25(23)20-13-15-22(16-14-20)36-17-18-9-11-21(12-10-18)26(32)34-2/h4-16,25H,3,17H2,1-2H3,(H3,29,30,31)/t25-/m1/s1. The van der Waals surface area contributed by atoms with Crippen molar-refractivity contribution < 1.29 is 23.8 Å². The first-order valence-corrected chi connectivity index (χ1v) is 11.5. The molecule has 0 aromatic heterocycles. The maximum atomic E-state index is 13.0. The van der Waals surface area contributed by atoms with Crippen molar-refractivity contribution in [1.82, 2.24) is 5.32 Å². The predicted molar refractivity (Wildman–Crippen MR) is 136 cm³/mol. The molecule has 3 N–H and O–H groups in total. The van der Waals surface area contributed by atoms with Gasteiger partial charge in [-0.1, -0.05) is 54.6 Å². The molecule has 8 nitrogen and oxygen atoms in total. The highest BCUT2D eigenvalue weighted by molar-refractivity contribution is 6.04. The Bertz CT molecular complexity index is 1280. The van der Waals surface area contributed by atoms with Gasteiger partial charge in [-0.15, -0.1) is 0 Å². The van der Waals surface area contributed by atoms with Crippen LogP contribution in [0.5, 0.6) is 5.75 Å². The third kappa shape index (κ3) is 5.55. The lowest BCUT2D eigenvalue weighted by Crippen LogP contribution is -2.37.